The first-order valence-electron chi connectivity index (χ1n) is 6.97. The fraction of sp³-hybridized carbons (Fsp3) is 0.176. The zero-order valence-corrected chi connectivity index (χ0v) is 13.3. The van der Waals surface area contributed by atoms with E-state index in [2.05, 4.69) is 10.1 Å². The van der Waals surface area contributed by atoms with Crippen LogP contribution in [0, 0.1) is 0 Å². The number of ether oxygens (including phenoxy) is 2. The molecule has 0 aromatic heterocycles. The van der Waals surface area contributed by atoms with Crippen LogP contribution in [0.25, 0.3) is 0 Å². The van der Waals surface area contributed by atoms with E-state index in [9.17, 15) is 9.59 Å². The molecule has 1 amide bonds. The Labute approximate surface area is 139 Å². The predicted molar refractivity (Wildman–Crippen MR) is 87.0 cm³/mol. The van der Waals surface area contributed by atoms with Crippen molar-refractivity contribution in [2.24, 2.45) is 0 Å². The number of hydrogen-bond donors (Lipinski definition) is 1. The summed E-state index contributed by atoms with van der Waals surface area (Å²) in [6, 6.07) is 13.8. The van der Waals surface area contributed by atoms with E-state index in [0.717, 1.165) is 5.56 Å². The van der Waals surface area contributed by atoms with Crippen LogP contribution in [0.3, 0.4) is 0 Å². The minimum absolute atomic E-state index is 0.152. The smallest absolute Gasteiger partial charge is 0.412 e. The van der Waals surface area contributed by atoms with Crippen LogP contribution in [0.5, 0.6) is 5.75 Å². The maximum absolute atomic E-state index is 11.8. The van der Waals surface area contributed by atoms with Gasteiger partial charge in [-0.15, -0.1) is 0 Å². The van der Waals surface area contributed by atoms with Crippen molar-refractivity contribution in [2.75, 3.05) is 13.7 Å². The molecular weight excluding hydrogens is 318 g/mol. The van der Waals surface area contributed by atoms with E-state index >= 15 is 0 Å². The lowest BCUT2D eigenvalue weighted by atomic mass is 10.1. The highest BCUT2D eigenvalue weighted by Gasteiger charge is 2.14. The van der Waals surface area contributed by atoms with Gasteiger partial charge < -0.3 is 14.8 Å². The van der Waals surface area contributed by atoms with Crippen molar-refractivity contribution in [1.29, 1.82) is 0 Å². The number of rotatable bonds is 5. The molecule has 2 aromatic rings. The molecule has 0 heterocycles. The summed E-state index contributed by atoms with van der Waals surface area (Å²) in [4.78, 5) is 23.4. The molecule has 0 aliphatic heterocycles. The largest absolute Gasteiger partial charge is 0.465 e. The standard InChI is InChI=1S/C17H16ClNO4/c1-22-16(20)14-7-2-3-8-15(14)23-17(21)19-10-9-12-5-4-6-13(18)11-12/h2-8,11H,9-10H2,1H3,(H,19,21). The van der Waals surface area contributed by atoms with E-state index in [1.54, 1.807) is 18.2 Å². The highest BCUT2D eigenvalue weighted by molar-refractivity contribution is 6.30. The second kappa shape index (κ2) is 8.19. The van der Waals surface area contributed by atoms with Crippen molar-refractivity contribution >= 4 is 23.7 Å². The van der Waals surface area contributed by atoms with Gasteiger partial charge in [0, 0.05) is 11.6 Å². The first-order chi connectivity index (χ1) is 11.1. The van der Waals surface area contributed by atoms with Crippen LogP contribution in [0.2, 0.25) is 5.02 Å². The molecule has 2 aromatic carbocycles. The summed E-state index contributed by atoms with van der Waals surface area (Å²) >= 11 is 5.90. The topological polar surface area (TPSA) is 64.6 Å². The van der Waals surface area contributed by atoms with Crippen molar-refractivity contribution in [2.45, 2.75) is 6.42 Å². The van der Waals surface area contributed by atoms with Gasteiger partial charge in [0.25, 0.3) is 0 Å². The Morgan fingerprint density at radius 2 is 1.91 bits per heavy atom. The van der Waals surface area contributed by atoms with Gasteiger partial charge in [-0.2, -0.15) is 0 Å². The van der Waals surface area contributed by atoms with E-state index in [1.807, 2.05) is 18.2 Å². The van der Waals surface area contributed by atoms with Gasteiger partial charge >= 0.3 is 12.1 Å². The molecule has 1 N–H and O–H groups in total. The second-order valence-corrected chi connectivity index (χ2v) is 5.12. The average Bonchev–Trinajstić information content (AvgIpc) is 2.55. The maximum atomic E-state index is 11.8. The molecule has 23 heavy (non-hydrogen) atoms. The number of nitrogens with one attached hydrogen (secondary N) is 1. The molecule has 0 spiro atoms. The maximum Gasteiger partial charge on any atom is 0.412 e. The minimum atomic E-state index is -0.636. The number of carbonyl (C=O) groups excluding carboxylic acids is 2. The van der Waals surface area contributed by atoms with Crippen LogP contribution >= 0.6 is 11.6 Å². The number of carbonyl (C=O) groups is 2. The zero-order chi connectivity index (χ0) is 16.7. The van der Waals surface area contributed by atoms with Gasteiger partial charge in [0.15, 0.2) is 0 Å². The fourth-order valence-electron chi connectivity index (χ4n) is 1.97. The summed E-state index contributed by atoms with van der Waals surface area (Å²) in [5, 5.41) is 3.28. The predicted octanol–water partition coefficient (Wildman–Crippen LogP) is 3.46. The lowest BCUT2D eigenvalue weighted by Crippen LogP contribution is -2.29. The molecule has 0 saturated heterocycles. The highest BCUT2D eigenvalue weighted by atomic mass is 35.5. The van der Waals surface area contributed by atoms with Gasteiger partial charge in [-0.05, 0) is 36.2 Å². The molecular formula is C17H16ClNO4. The molecule has 2 rings (SSSR count). The van der Waals surface area contributed by atoms with Crippen LogP contribution in [0.1, 0.15) is 15.9 Å². The number of hydrogen-bond acceptors (Lipinski definition) is 4. The normalized spacial score (nSPS) is 10.0. The Morgan fingerprint density at radius 3 is 2.65 bits per heavy atom. The number of methoxy groups -OCH3 is 1. The first-order valence-corrected chi connectivity index (χ1v) is 7.35. The Balaban J connectivity index is 1.89. The van der Waals surface area contributed by atoms with E-state index in [4.69, 9.17) is 16.3 Å². The van der Waals surface area contributed by atoms with Gasteiger partial charge in [0.1, 0.15) is 11.3 Å². The van der Waals surface area contributed by atoms with Crippen LogP contribution in [0.15, 0.2) is 48.5 Å². The number of halogens is 1. The lowest BCUT2D eigenvalue weighted by molar-refractivity contribution is 0.0598. The van der Waals surface area contributed by atoms with Gasteiger partial charge in [-0.25, -0.2) is 9.59 Å². The third-order valence-corrected chi connectivity index (χ3v) is 3.30. The van der Waals surface area contributed by atoms with E-state index in [-0.39, 0.29) is 11.3 Å². The van der Waals surface area contributed by atoms with Crippen molar-refractivity contribution in [3.63, 3.8) is 0 Å². The Morgan fingerprint density at radius 1 is 1.13 bits per heavy atom. The third kappa shape index (κ3) is 5.00. The summed E-state index contributed by atoms with van der Waals surface area (Å²) in [5.41, 5.74) is 1.20. The summed E-state index contributed by atoms with van der Waals surface area (Å²) in [6.07, 6.45) is -0.0164. The molecule has 0 aliphatic carbocycles. The van der Waals surface area contributed by atoms with Crippen LogP contribution in [0.4, 0.5) is 4.79 Å². The highest BCUT2D eigenvalue weighted by Crippen LogP contribution is 2.18. The molecule has 0 saturated carbocycles. The number of amides is 1. The summed E-state index contributed by atoms with van der Waals surface area (Å²) in [5.74, 6) is -0.410. The fourth-order valence-corrected chi connectivity index (χ4v) is 2.18. The van der Waals surface area contributed by atoms with Crippen molar-refractivity contribution in [3.05, 3.63) is 64.7 Å². The zero-order valence-electron chi connectivity index (χ0n) is 12.5. The van der Waals surface area contributed by atoms with Crippen molar-refractivity contribution in [1.82, 2.24) is 5.32 Å². The summed E-state index contributed by atoms with van der Waals surface area (Å²) in [7, 11) is 1.27. The molecule has 0 fully saturated rings. The summed E-state index contributed by atoms with van der Waals surface area (Å²) in [6.45, 7) is 0.388. The third-order valence-electron chi connectivity index (χ3n) is 3.07. The van der Waals surface area contributed by atoms with Crippen molar-refractivity contribution in [3.8, 4) is 5.75 Å². The van der Waals surface area contributed by atoms with Gasteiger partial charge in [0.05, 0.1) is 7.11 Å². The first kappa shape index (κ1) is 16.8. The Hall–Kier alpha value is -2.53. The molecule has 0 unspecified atom stereocenters. The van der Waals surface area contributed by atoms with Crippen LogP contribution in [-0.4, -0.2) is 25.7 Å². The van der Waals surface area contributed by atoms with Gasteiger partial charge in [0.2, 0.25) is 0 Å². The Kier molecular flexibility index (Phi) is 6.00. The van der Waals surface area contributed by atoms with Crippen molar-refractivity contribution < 1.29 is 19.1 Å². The second-order valence-electron chi connectivity index (χ2n) is 4.68. The molecule has 5 nitrogen and oxygen atoms in total. The van der Waals surface area contributed by atoms with E-state index in [0.29, 0.717) is 18.0 Å². The number of para-hydroxylation sites is 1. The minimum Gasteiger partial charge on any atom is -0.465 e. The SMILES string of the molecule is COC(=O)c1ccccc1OC(=O)NCCc1cccc(Cl)c1. The van der Waals surface area contributed by atoms with E-state index in [1.165, 1.54) is 19.2 Å². The van der Waals surface area contributed by atoms with Crippen LogP contribution in [-0.2, 0) is 11.2 Å². The van der Waals surface area contributed by atoms with Gasteiger partial charge in [-0.1, -0.05) is 35.9 Å². The Bertz CT molecular complexity index is 702. The molecule has 0 bridgehead atoms. The molecule has 120 valence electrons. The molecule has 0 atom stereocenters. The van der Waals surface area contributed by atoms with E-state index < -0.39 is 12.1 Å². The number of esters is 1. The molecule has 0 radical (unpaired) electrons. The monoisotopic (exact) mass is 333 g/mol. The number of benzene rings is 2. The molecule has 0 aliphatic rings. The van der Waals surface area contributed by atoms with Crippen LogP contribution < -0.4 is 10.1 Å². The lowest BCUT2D eigenvalue weighted by Gasteiger charge is -2.09. The molecule has 6 heteroatoms. The average molecular weight is 334 g/mol. The quantitative estimate of drug-likeness (QED) is 0.851. The summed E-state index contributed by atoms with van der Waals surface area (Å²) < 4.78 is 9.80. The van der Waals surface area contributed by atoms with Gasteiger partial charge in [-0.3, -0.25) is 0 Å².